The third kappa shape index (κ3) is 3.25. The number of hydrogen-bond donors (Lipinski definition) is 2. The van der Waals surface area contributed by atoms with Crippen molar-refractivity contribution in [3.8, 4) is 11.6 Å². The van der Waals surface area contributed by atoms with E-state index >= 15 is 0 Å². The van der Waals surface area contributed by atoms with Gasteiger partial charge in [0.1, 0.15) is 23.2 Å². The smallest absolute Gasteiger partial charge is 0.220 e. The van der Waals surface area contributed by atoms with Crippen LogP contribution >= 0.6 is 0 Å². The number of amidine groups is 1. The molecule has 2 aromatic rings. The lowest BCUT2D eigenvalue weighted by molar-refractivity contribution is 0.450. The molecule has 0 unspecified atom stereocenters. The largest absolute Gasteiger partial charge is 0.439 e. The van der Waals surface area contributed by atoms with Crippen molar-refractivity contribution in [3.63, 3.8) is 0 Å². The van der Waals surface area contributed by atoms with Gasteiger partial charge in [0.25, 0.3) is 0 Å². The number of benzene rings is 1. The summed E-state index contributed by atoms with van der Waals surface area (Å²) in [5.74, 6) is -1.51. The summed E-state index contributed by atoms with van der Waals surface area (Å²) in [5, 5.41) is 7.35. The second-order valence-electron chi connectivity index (χ2n) is 3.96. The summed E-state index contributed by atoms with van der Waals surface area (Å²) in [7, 11) is 0. The molecule has 0 aliphatic rings. The number of nitrogen functional groups attached to an aromatic ring is 1. The molecule has 1 heterocycles. The number of aryl methyl sites for hydroxylation is 1. The van der Waals surface area contributed by atoms with Crippen LogP contribution in [0.15, 0.2) is 30.3 Å². The molecule has 19 heavy (non-hydrogen) atoms. The molecule has 98 valence electrons. The molecule has 6 heteroatoms. The highest BCUT2D eigenvalue weighted by Gasteiger charge is 2.07. The molecule has 2 rings (SSSR count). The first-order valence-electron chi connectivity index (χ1n) is 5.41. The standard InChI is InChI=1S/C13H11F2N3O/c1-7-2-8(13(16)17)3-12(18-7)19-11-5-9(14)4-10(15)6-11/h2-6H,1H3,(H3,16,17). The summed E-state index contributed by atoms with van der Waals surface area (Å²) in [4.78, 5) is 4.05. The van der Waals surface area contributed by atoms with Gasteiger partial charge in [-0.15, -0.1) is 0 Å². The average Bonchev–Trinajstić information content (AvgIpc) is 2.26. The number of pyridine rings is 1. The Labute approximate surface area is 108 Å². The van der Waals surface area contributed by atoms with Crippen LogP contribution in [0.1, 0.15) is 11.3 Å². The second kappa shape index (κ2) is 5.01. The monoisotopic (exact) mass is 263 g/mol. The van der Waals surface area contributed by atoms with Gasteiger partial charge in [-0.25, -0.2) is 13.8 Å². The maximum atomic E-state index is 13.0. The van der Waals surface area contributed by atoms with Gasteiger partial charge in [0.15, 0.2) is 0 Å². The lowest BCUT2D eigenvalue weighted by Crippen LogP contribution is -2.11. The Bertz CT molecular complexity index is 624. The minimum Gasteiger partial charge on any atom is -0.439 e. The highest BCUT2D eigenvalue weighted by molar-refractivity contribution is 5.95. The highest BCUT2D eigenvalue weighted by atomic mass is 19.1. The van der Waals surface area contributed by atoms with Crippen molar-refractivity contribution in [2.24, 2.45) is 5.73 Å². The fraction of sp³-hybridized carbons (Fsp3) is 0.0769. The average molecular weight is 263 g/mol. The predicted molar refractivity (Wildman–Crippen MR) is 66.4 cm³/mol. The van der Waals surface area contributed by atoms with Crippen LogP contribution in [0.4, 0.5) is 8.78 Å². The van der Waals surface area contributed by atoms with E-state index in [2.05, 4.69) is 4.98 Å². The Morgan fingerprint density at radius 2 is 1.79 bits per heavy atom. The van der Waals surface area contributed by atoms with E-state index in [9.17, 15) is 8.78 Å². The topological polar surface area (TPSA) is 72.0 Å². The summed E-state index contributed by atoms with van der Waals surface area (Å²) in [5.41, 5.74) is 6.39. The molecule has 0 aliphatic heterocycles. The number of nitrogens with two attached hydrogens (primary N) is 1. The number of ether oxygens (including phenoxy) is 1. The molecule has 0 spiro atoms. The van der Waals surface area contributed by atoms with Crippen LogP contribution in [-0.4, -0.2) is 10.8 Å². The number of nitrogens with zero attached hydrogens (tertiary/aromatic N) is 1. The minimum absolute atomic E-state index is 0.00916. The lowest BCUT2D eigenvalue weighted by atomic mass is 10.2. The summed E-state index contributed by atoms with van der Waals surface area (Å²) in [6.45, 7) is 1.70. The fourth-order valence-corrected chi connectivity index (χ4v) is 1.55. The first-order valence-corrected chi connectivity index (χ1v) is 5.41. The van der Waals surface area contributed by atoms with Crippen molar-refractivity contribution < 1.29 is 13.5 Å². The van der Waals surface area contributed by atoms with Crippen LogP contribution in [0, 0.1) is 24.0 Å². The Morgan fingerprint density at radius 3 is 2.37 bits per heavy atom. The van der Waals surface area contributed by atoms with E-state index in [1.807, 2.05) is 0 Å². The van der Waals surface area contributed by atoms with E-state index in [1.165, 1.54) is 6.07 Å². The molecule has 0 amide bonds. The quantitative estimate of drug-likeness (QED) is 0.660. The molecule has 4 nitrogen and oxygen atoms in total. The van der Waals surface area contributed by atoms with Crippen molar-refractivity contribution in [1.29, 1.82) is 5.41 Å². The predicted octanol–water partition coefficient (Wildman–Crippen LogP) is 2.74. The SMILES string of the molecule is Cc1cc(C(=N)N)cc(Oc2cc(F)cc(F)c2)n1. The molecule has 1 aromatic heterocycles. The molecule has 1 aromatic carbocycles. The van der Waals surface area contributed by atoms with Crippen LogP contribution in [0.5, 0.6) is 11.6 Å². The molecule has 0 saturated carbocycles. The molecular weight excluding hydrogens is 252 g/mol. The van der Waals surface area contributed by atoms with Gasteiger partial charge in [-0.2, -0.15) is 0 Å². The molecule has 0 saturated heterocycles. The van der Waals surface area contributed by atoms with Crippen molar-refractivity contribution >= 4 is 5.84 Å². The molecular formula is C13H11F2N3O. The van der Waals surface area contributed by atoms with Crippen LogP contribution in [0.2, 0.25) is 0 Å². The molecule has 0 radical (unpaired) electrons. The molecule has 0 atom stereocenters. The zero-order valence-electron chi connectivity index (χ0n) is 10.1. The van der Waals surface area contributed by atoms with Crippen LogP contribution < -0.4 is 10.5 Å². The molecule has 0 aliphatic carbocycles. The Balaban J connectivity index is 2.35. The van der Waals surface area contributed by atoms with Crippen molar-refractivity contribution in [2.45, 2.75) is 6.92 Å². The zero-order chi connectivity index (χ0) is 14.0. The van der Waals surface area contributed by atoms with Gasteiger partial charge < -0.3 is 10.5 Å². The van der Waals surface area contributed by atoms with Gasteiger partial charge in [0.05, 0.1) is 0 Å². The van der Waals surface area contributed by atoms with E-state index in [-0.39, 0.29) is 17.5 Å². The van der Waals surface area contributed by atoms with Crippen molar-refractivity contribution in [3.05, 3.63) is 53.2 Å². The summed E-state index contributed by atoms with van der Waals surface area (Å²) in [6.07, 6.45) is 0. The van der Waals surface area contributed by atoms with Gasteiger partial charge in [-0.05, 0) is 13.0 Å². The summed E-state index contributed by atoms with van der Waals surface area (Å²) >= 11 is 0. The minimum atomic E-state index is -0.741. The molecule has 0 bridgehead atoms. The van der Waals surface area contributed by atoms with E-state index < -0.39 is 11.6 Å². The van der Waals surface area contributed by atoms with E-state index in [1.54, 1.807) is 13.0 Å². The number of rotatable bonds is 3. The second-order valence-corrected chi connectivity index (χ2v) is 3.96. The highest BCUT2D eigenvalue weighted by Crippen LogP contribution is 2.23. The van der Waals surface area contributed by atoms with E-state index in [4.69, 9.17) is 15.9 Å². The van der Waals surface area contributed by atoms with Gasteiger partial charge in [-0.3, -0.25) is 5.41 Å². The lowest BCUT2D eigenvalue weighted by Gasteiger charge is -2.08. The maximum absolute atomic E-state index is 13.0. The number of nitrogens with one attached hydrogen (secondary N) is 1. The third-order valence-corrected chi connectivity index (χ3v) is 2.30. The Kier molecular flexibility index (Phi) is 3.41. The van der Waals surface area contributed by atoms with Gasteiger partial charge in [-0.1, -0.05) is 0 Å². The van der Waals surface area contributed by atoms with Crippen LogP contribution in [0.3, 0.4) is 0 Å². The molecule has 3 N–H and O–H groups in total. The molecule has 0 fully saturated rings. The number of aromatic nitrogens is 1. The van der Waals surface area contributed by atoms with Gasteiger partial charge in [0.2, 0.25) is 5.88 Å². The zero-order valence-corrected chi connectivity index (χ0v) is 10.1. The maximum Gasteiger partial charge on any atom is 0.220 e. The number of halogens is 2. The summed E-state index contributed by atoms with van der Waals surface area (Å²) in [6, 6.07) is 5.87. The van der Waals surface area contributed by atoms with Crippen molar-refractivity contribution in [2.75, 3.05) is 0 Å². The first-order chi connectivity index (χ1) is 8.94. The van der Waals surface area contributed by atoms with Gasteiger partial charge in [0, 0.05) is 35.5 Å². The Morgan fingerprint density at radius 1 is 1.16 bits per heavy atom. The summed E-state index contributed by atoms with van der Waals surface area (Å²) < 4.78 is 31.3. The van der Waals surface area contributed by atoms with E-state index in [0.717, 1.165) is 18.2 Å². The van der Waals surface area contributed by atoms with Crippen molar-refractivity contribution in [1.82, 2.24) is 4.98 Å². The van der Waals surface area contributed by atoms with E-state index in [0.29, 0.717) is 11.3 Å². The number of hydrogen-bond acceptors (Lipinski definition) is 3. The first kappa shape index (κ1) is 12.9. The fourth-order valence-electron chi connectivity index (χ4n) is 1.55. The van der Waals surface area contributed by atoms with Gasteiger partial charge >= 0.3 is 0 Å². The van der Waals surface area contributed by atoms with Crippen LogP contribution in [-0.2, 0) is 0 Å². The van der Waals surface area contributed by atoms with Crippen LogP contribution in [0.25, 0.3) is 0 Å². The normalized spacial score (nSPS) is 10.3. The Hall–Kier alpha value is -2.50. The third-order valence-electron chi connectivity index (χ3n) is 2.30.